The van der Waals surface area contributed by atoms with Crippen LogP contribution in [-0.4, -0.2) is 61.7 Å². The van der Waals surface area contributed by atoms with Crippen molar-refractivity contribution in [3.63, 3.8) is 0 Å². The first-order chi connectivity index (χ1) is 15.0. The Hall–Kier alpha value is -3.05. The fourth-order valence-corrected chi connectivity index (χ4v) is 4.64. The van der Waals surface area contributed by atoms with Gasteiger partial charge in [-0.1, -0.05) is 17.3 Å². The Balaban J connectivity index is 1.57. The van der Waals surface area contributed by atoms with Crippen molar-refractivity contribution in [3.05, 3.63) is 42.2 Å². The van der Waals surface area contributed by atoms with Gasteiger partial charge >= 0.3 is 0 Å². The van der Waals surface area contributed by atoms with Crippen LogP contribution in [0.2, 0.25) is 0 Å². The number of sulfone groups is 1. The molecular formula is C20H22N4O6S. The van der Waals surface area contributed by atoms with Crippen molar-refractivity contribution in [3.8, 4) is 5.88 Å². The highest BCUT2D eigenvalue weighted by atomic mass is 32.2. The SMILES string of the molecule is COc1cnc(NC(=O)/C(=N/O[C@@H]2CCOC2)c2ccc(S(=O)(=O)C3CC3)cc2)cn1. The number of oxime groups is 1. The minimum absolute atomic E-state index is 0.0140. The van der Waals surface area contributed by atoms with E-state index in [0.717, 1.165) is 0 Å². The van der Waals surface area contributed by atoms with Crippen molar-refractivity contribution in [2.24, 2.45) is 5.16 Å². The monoisotopic (exact) mass is 446 g/mol. The van der Waals surface area contributed by atoms with E-state index in [4.69, 9.17) is 14.3 Å². The average molecular weight is 446 g/mol. The molecule has 2 aromatic rings. The molecule has 0 radical (unpaired) electrons. The standard InChI is InChI=1S/C20H22N4O6S/c1-28-18-11-21-17(10-22-18)23-20(25)19(24-30-14-8-9-29-12-14)13-2-4-15(5-3-13)31(26,27)16-6-7-16/h2-5,10-11,14,16H,6-9,12H2,1H3,(H,21,23,25)/b24-19+/t14-/m1/s1. The lowest BCUT2D eigenvalue weighted by Crippen LogP contribution is -2.26. The van der Waals surface area contributed by atoms with E-state index in [1.165, 1.54) is 31.6 Å². The number of benzene rings is 1. The van der Waals surface area contributed by atoms with Gasteiger partial charge in [0.1, 0.15) is 0 Å². The Morgan fingerprint density at radius 1 is 1.16 bits per heavy atom. The van der Waals surface area contributed by atoms with Crippen molar-refractivity contribution in [1.29, 1.82) is 0 Å². The van der Waals surface area contributed by atoms with Gasteiger partial charge in [0.15, 0.2) is 27.5 Å². The van der Waals surface area contributed by atoms with E-state index in [1.807, 2.05) is 0 Å². The minimum atomic E-state index is -3.33. The molecule has 11 heteroatoms. The Kier molecular flexibility index (Phi) is 6.14. The van der Waals surface area contributed by atoms with Gasteiger partial charge in [0, 0.05) is 12.0 Å². The van der Waals surface area contributed by atoms with E-state index in [1.54, 1.807) is 12.1 Å². The molecule has 1 saturated heterocycles. The molecule has 1 aromatic carbocycles. The average Bonchev–Trinajstić information content (AvgIpc) is 3.52. The molecule has 164 valence electrons. The maximum atomic E-state index is 12.9. The summed E-state index contributed by atoms with van der Waals surface area (Å²) in [6.45, 7) is 0.956. The molecule has 1 N–H and O–H groups in total. The smallest absolute Gasteiger partial charge is 0.279 e. The first-order valence-corrected chi connectivity index (χ1v) is 11.4. The van der Waals surface area contributed by atoms with Crippen molar-refractivity contribution in [1.82, 2.24) is 9.97 Å². The van der Waals surface area contributed by atoms with E-state index in [-0.39, 0.29) is 27.8 Å². The molecule has 31 heavy (non-hydrogen) atoms. The summed E-state index contributed by atoms with van der Waals surface area (Å²) in [6.07, 6.45) is 4.50. The van der Waals surface area contributed by atoms with Gasteiger partial charge in [-0.05, 0) is 25.0 Å². The van der Waals surface area contributed by atoms with Gasteiger partial charge in [-0.15, -0.1) is 0 Å². The summed E-state index contributed by atoms with van der Waals surface area (Å²) < 4.78 is 35.1. The molecular weight excluding hydrogens is 424 g/mol. The summed E-state index contributed by atoms with van der Waals surface area (Å²) in [5.74, 6) is -0.0595. The number of aromatic nitrogens is 2. The summed E-state index contributed by atoms with van der Waals surface area (Å²) in [6, 6.07) is 6.05. The highest BCUT2D eigenvalue weighted by Crippen LogP contribution is 2.33. The zero-order chi connectivity index (χ0) is 21.8. The zero-order valence-electron chi connectivity index (χ0n) is 16.9. The number of carbonyl (C=O) groups excluding carboxylic acids is 1. The molecule has 0 bridgehead atoms. The Bertz CT molecular complexity index is 1060. The molecule has 1 aliphatic carbocycles. The molecule has 1 saturated carbocycles. The number of hydrogen-bond donors (Lipinski definition) is 1. The second kappa shape index (κ2) is 8.98. The van der Waals surface area contributed by atoms with E-state index in [2.05, 4.69) is 20.4 Å². The van der Waals surface area contributed by atoms with Gasteiger partial charge in [-0.2, -0.15) is 0 Å². The first kappa shape index (κ1) is 21.2. The normalized spacial score (nSPS) is 19.1. The maximum absolute atomic E-state index is 12.9. The van der Waals surface area contributed by atoms with E-state index < -0.39 is 15.7 Å². The number of hydrogen-bond acceptors (Lipinski definition) is 9. The molecule has 10 nitrogen and oxygen atoms in total. The summed E-state index contributed by atoms with van der Waals surface area (Å²) >= 11 is 0. The van der Waals surface area contributed by atoms with E-state index in [0.29, 0.717) is 43.9 Å². The minimum Gasteiger partial charge on any atom is -0.480 e. The molecule has 1 aromatic heterocycles. The summed E-state index contributed by atoms with van der Waals surface area (Å²) in [5.41, 5.74) is 0.396. The van der Waals surface area contributed by atoms with Crippen LogP contribution >= 0.6 is 0 Å². The van der Waals surface area contributed by atoms with Crippen LogP contribution < -0.4 is 10.1 Å². The molecule has 2 heterocycles. The number of methoxy groups -OCH3 is 1. The number of amides is 1. The summed E-state index contributed by atoms with van der Waals surface area (Å²) in [7, 11) is -1.86. The molecule has 0 spiro atoms. The predicted octanol–water partition coefficient (Wildman–Crippen LogP) is 1.57. The lowest BCUT2D eigenvalue weighted by Gasteiger charge is -2.11. The fraction of sp³-hybridized carbons (Fsp3) is 0.400. The van der Waals surface area contributed by atoms with E-state index in [9.17, 15) is 13.2 Å². The predicted molar refractivity (Wildman–Crippen MR) is 111 cm³/mol. The van der Waals surface area contributed by atoms with Gasteiger partial charge in [0.2, 0.25) is 5.88 Å². The fourth-order valence-electron chi connectivity index (χ4n) is 2.98. The van der Waals surface area contributed by atoms with Crippen LogP contribution in [0.4, 0.5) is 5.82 Å². The zero-order valence-corrected chi connectivity index (χ0v) is 17.7. The quantitative estimate of drug-likeness (QED) is 0.478. The van der Waals surface area contributed by atoms with Crippen molar-refractivity contribution in [2.75, 3.05) is 25.6 Å². The van der Waals surface area contributed by atoms with Gasteiger partial charge in [-0.25, -0.2) is 18.4 Å². The molecule has 1 atom stereocenters. The number of nitrogens with one attached hydrogen (secondary N) is 1. The molecule has 1 amide bonds. The summed E-state index contributed by atoms with van der Waals surface area (Å²) in [5, 5.41) is 6.35. The lowest BCUT2D eigenvalue weighted by molar-refractivity contribution is -0.110. The van der Waals surface area contributed by atoms with E-state index >= 15 is 0 Å². The van der Waals surface area contributed by atoms with Crippen LogP contribution in [-0.2, 0) is 24.2 Å². The number of carbonyl (C=O) groups is 1. The first-order valence-electron chi connectivity index (χ1n) is 9.80. The van der Waals surface area contributed by atoms with Crippen molar-refractivity contribution < 1.29 is 27.5 Å². The second-order valence-corrected chi connectivity index (χ2v) is 9.43. The number of ether oxygens (including phenoxy) is 2. The van der Waals surface area contributed by atoms with Crippen LogP contribution in [0.25, 0.3) is 0 Å². The van der Waals surface area contributed by atoms with Gasteiger partial charge < -0.3 is 19.6 Å². The number of anilines is 1. The van der Waals surface area contributed by atoms with Gasteiger partial charge in [0.25, 0.3) is 5.91 Å². The number of nitrogens with zero attached hydrogens (tertiary/aromatic N) is 3. The van der Waals surface area contributed by atoms with Crippen LogP contribution in [0.1, 0.15) is 24.8 Å². The Morgan fingerprint density at radius 2 is 1.94 bits per heavy atom. The topological polar surface area (TPSA) is 129 Å². The maximum Gasteiger partial charge on any atom is 0.279 e. The summed E-state index contributed by atoms with van der Waals surface area (Å²) in [4.78, 5) is 26.7. The van der Waals surface area contributed by atoms with Crippen LogP contribution in [0, 0.1) is 0 Å². The third-order valence-corrected chi connectivity index (χ3v) is 7.17. The molecule has 2 fully saturated rings. The highest BCUT2D eigenvalue weighted by Gasteiger charge is 2.36. The Morgan fingerprint density at radius 3 is 2.52 bits per heavy atom. The molecule has 0 unspecified atom stereocenters. The van der Waals surface area contributed by atoms with Gasteiger partial charge in [-0.3, -0.25) is 4.79 Å². The second-order valence-electron chi connectivity index (χ2n) is 7.20. The van der Waals surface area contributed by atoms with Crippen LogP contribution in [0.5, 0.6) is 5.88 Å². The van der Waals surface area contributed by atoms with Crippen molar-refractivity contribution >= 4 is 27.3 Å². The van der Waals surface area contributed by atoms with Crippen LogP contribution in [0.3, 0.4) is 0 Å². The molecule has 2 aliphatic rings. The lowest BCUT2D eigenvalue weighted by atomic mass is 10.1. The third-order valence-electron chi connectivity index (χ3n) is 4.89. The van der Waals surface area contributed by atoms with Gasteiger partial charge in [0.05, 0.1) is 42.9 Å². The van der Waals surface area contributed by atoms with Crippen molar-refractivity contribution in [2.45, 2.75) is 35.5 Å². The molecule has 4 rings (SSSR count). The largest absolute Gasteiger partial charge is 0.480 e. The number of rotatable bonds is 8. The Labute approximate surface area is 179 Å². The van der Waals surface area contributed by atoms with Crippen LogP contribution in [0.15, 0.2) is 46.7 Å². The third kappa shape index (κ3) is 5.00. The highest BCUT2D eigenvalue weighted by molar-refractivity contribution is 7.92. The molecule has 1 aliphatic heterocycles.